The molecule has 40 heavy (non-hydrogen) atoms. The normalized spacial score (nSPS) is 15.8. The standard InChI is InChI=1S/C34H34N4O2/c1-23-21-28(33(39)35-17-10-20-38-18-7-8-19-38)31(36-23)22-29-32-27(15-9-16-30(32)37-34(29)40)26-14-6-5-13-25(26)24-11-3-2-4-12-24/h2-6,9,11-16,21-22,36H,7-8,10,17-20H2,1H3,(H,35,39)(H,37,40). The van der Waals surface area contributed by atoms with Crippen molar-refractivity contribution >= 4 is 29.2 Å². The molecule has 6 rings (SSSR count). The molecular formula is C34H34N4O2. The summed E-state index contributed by atoms with van der Waals surface area (Å²) in [4.78, 5) is 32.3. The maximum atomic E-state index is 13.3. The maximum absolute atomic E-state index is 13.3. The van der Waals surface area contributed by atoms with Crippen molar-refractivity contribution in [2.45, 2.75) is 26.2 Å². The van der Waals surface area contributed by atoms with Crippen molar-refractivity contribution in [3.8, 4) is 22.3 Å². The van der Waals surface area contributed by atoms with Crippen LogP contribution in [-0.2, 0) is 4.79 Å². The Kier molecular flexibility index (Phi) is 7.34. The Labute approximate surface area is 235 Å². The van der Waals surface area contributed by atoms with Crippen LogP contribution in [0.15, 0.2) is 78.9 Å². The van der Waals surface area contributed by atoms with E-state index in [2.05, 4.69) is 50.8 Å². The van der Waals surface area contributed by atoms with Crippen LogP contribution >= 0.6 is 0 Å². The molecular weight excluding hydrogens is 496 g/mol. The van der Waals surface area contributed by atoms with E-state index in [9.17, 15) is 9.59 Å². The number of aryl methyl sites for hydroxylation is 1. The number of carbonyl (C=O) groups is 2. The molecule has 3 heterocycles. The van der Waals surface area contributed by atoms with E-state index >= 15 is 0 Å². The zero-order valence-corrected chi connectivity index (χ0v) is 22.8. The molecule has 3 N–H and O–H groups in total. The lowest BCUT2D eigenvalue weighted by atomic mass is 9.89. The van der Waals surface area contributed by atoms with Crippen molar-refractivity contribution in [2.24, 2.45) is 0 Å². The number of H-pyrrole nitrogens is 1. The van der Waals surface area contributed by atoms with Gasteiger partial charge in [-0.05, 0) is 86.3 Å². The predicted octanol–water partition coefficient (Wildman–Crippen LogP) is 6.37. The molecule has 0 unspecified atom stereocenters. The van der Waals surface area contributed by atoms with Crippen molar-refractivity contribution in [3.05, 3.63) is 101 Å². The van der Waals surface area contributed by atoms with Crippen LogP contribution in [0.2, 0.25) is 0 Å². The summed E-state index contributed by atoms with van der Waals surface area (Å²) in [5.41, 5.74) is 8.45. The number of fused-ring (bicyclic) bond motifs is 1. The molecule has 0 saturated carbocycles. The first-order chi connectivity index (χ1) is 19.6. The van der Waals surface area contributed by atoms with E-state index in [4.69, 9.17) is 0 Å². The molecule has 0 spiro atoms. The summed E-state index contributed by atoms with van der Waals surface area (Å²) in [6.07, 6.45) is 5.28. The van der Waals surface area contributed by atoms with Gasteiger partial charge >= 0.3 is 0 Å². The third-order valence-corrected chi connectivity index (χ3v) is 7.78. The quantitative estimate of drug-likeness (QED) is 0.183. The summed E-state index contributed by atoms with van der Waals surface area (Å²) < 4.78 is 0. The first-order valence-corrected chi connectivity index (χ1v) is 14.1. The molecule has 1 saturated heterocycles. The Hall–Kier alpha value is -4.42. The second-order valence-corrected chi connectivity index (χ2v) is 10.6. The second-order valence-electron chi connectivity index (χ2n) is 10.6. The number of carbonyl (C=O) groups excluding carboxylic acids is 2. The number of aromatic amines is 1. The summed E-state index contributed by atoms with van der Waals surface area (Å²) in [7, 11) is 0. The highest BCUT2D eigenvalue weighted by molar-refractivity contribution is 6.36. The lowest BCUT2D eigenvalue weighted by Gasteiger charge is -2.14. The summed E-state index contributed by atoms with van der Waals surface area (Å²) >= 11 is 0. The van der Waals surface area contributed by atoms with Gasteiger partial charge in [-0.1, -0.05) is 66.7 Å². The molecule has 0 aliphatic carbocycles. The van der Waals surface area contributed by atoms with Crippen LogP contribution in [-0.4, -0.2) is 47.9 Å². The number of nitrogens with zero attached hydrogens (tertiary/aromatic N) is 1. The Morgan fingerprint density at radius 2 is 1.65 bits per heavy atom. The molecule has 202 valence electrons. The lowest BCUT2D eigenvalue weighted by molar-refractivity contribution is -0.110. The van der Waals surface area contributed by atoms with Crippen molar-refractivity contribution in [1.29, 1.82) is 0 Å². The van der Waals surface area contributed by atoms with Crippen LogP contribution in [0.25, 0.3) is 33.9 Å². The van der Waals surface area contributed by atoms with Crippen molar-refractivity contribution in [3.63, 3.8) is 0 Å². The van der Waals surface area contributed by atoms with Gasteiger partial charge in [-0.15, -0.1) is 0 Å². The van der Waals surface area contributed by atoms with Gasteiger partial charge in [0, 0.05) is 23.5 Å². The van der Waals surface area contributed by atoms with Gasteiger partial charge in [-0.2, -0.15) is 0 Å². The molecule has 0 atom stereocenters. The average Bonchev–Trinajstić information content (AvgIpc) is 3.71. The Morgan fingerprint density at radius 1 is 0.925 bits per heavy atom. The lowest BCUT2D eigenvalue weighted by Crippen LogP contribution is -2.28. The predicted molar refractivity (Wildman–Crippen MR) is 162 cm³/mol. The minimum Gasteiger partial charge on any atom is -0.358 e. The van der Waals surface area contributed by atoms with E-state index in [0.29, 0.717) is 23.4 Å². The first-order valence-electron chi connectivity index (χ1n) is 14.1. The molecule has 3 aromatic carbocycles. The molecule has 0 radical (unpaired) electrons. The monoisotopic (exact) mass is 530 g/mol. The Morgan fingerprint density at radius 3 is 2.45 bits per heavy atom. The SMILES string of the molecule is Cc1cc(C(=O)NCCCN2CCCC2)c(C=C2C(=O)Nc3cccc(-c4ccccc4-c4ccccc4)c32)[nH]1. The minimum absolute atomic E-state index is 0.126. The average molecular weight is 531 g/mol. The van der Waals surface area contributed by atoms with Crippen molar-refractivity contribution in [1.82, 2.24) is 15.2 Å². The largest absolute Gasteiger partial charge is 0.358 e. The van der Waals surface area contributed by atoms with Crippen LogP contribution in [0.5, 0.6) is 0 Å². The van der Waals surface area contributed by atoms with Gasteiger partial charge in [0.2, 0.25) is 0 Å². The van der Waals surface area contributed by atoms with Crippen molar-refractivity contribution in [2.75, 3.05) is 31.5 Å². The number of aromatic nitrogens is 1. The fraction of sp³-hybridized carbons (Fsp3) is 0.235. The van der Waals surface area contributed by atoms with Crippen LogP contribution < -0.4 is 10.6 Å². The van der Waals surface area contributed by atoms with Gasteiger partial charge in [0.05, 0.1) is 16.8 Å². The maximum Gasteiger partial charge on any atom is 0.256 e. The number of hydrogen-bond donors (Lipinski definition) is 3. The van der Waals surface area contributed by atoms with E-state index in [1.165, 1.54) is 12.8 Å². The topological polar surface area (TPSA) is 77.2 Å². The third-order valence-electron chi connectivity index (χ3n) is 7.78. The summed E-state index contributed by atoms with van der Waals surface area (Å²) in [6, 6.07) is 26.3. The molecule has 2 aliphatic heterocycles. The third kappa shape index (κ3) is 5.23. The van der Waals surface area contributed by atoms with Gasteiger partial charge in [0.15, 0.2) is 0 Å². The van der Waals surface area contributed by atoms with Crippen LogP contribution in [0, 0.1) is 6.92 Å². The molecule has 6 heteroatoms. The van der Waals surface area contributed by atoms with Gasteiger partial charge in [-0.25, -0.2) is 0 Å². The van der Waals surface area contributed by atoms with E-state index in [1.54, 1.807) is 0 Å². The van der Waals surface area contributed by atoms with Gasteiger partial charge in [0.25, 0.3) is 11.8 Å². The molecule has 6 nitrogen and oxygen atoms in total. The number of nitrogens with one attached hydrogen (secondary N) is 3. The summed E-state index contributed by atoms with van der Waals surface area (Å²) in [6.45, 7) is 5.87. The second kappa shape index (κ2) is 11.4. The summed E-state index contributed by atoms with van der Waals surface area (Å²) in [5, 5.41) is 6.11. The van der Waals surface area contributed by atoms with Gasteiger partial charge in [0.1, 0.15) is 0 Å². The van der Waals surface area contributed by atoms with Gasteiger partial charge < -0.3 is 20.5 Å². The minimum atomic E-state index is -0.177. The van der Waals surface area contributed by atoms with Crippen molar-refractivity contribution < 1.29 is 9.59 Å². The molecule has 0 bridgehead atoms. The fourth-order valence-electron chi connectivity index (χ4n) is 5.86. The number of anilines is 1. The highest BCUT2D eigenvalue weighted by atomic mass is 16.2. The summed E-state index contributed by atoms with van der Waals surface area (Å²) in [5.74, 6) is -0.303. The number of amides is 2. The van der Waals surface area contributed by atoms with Crippen LogP contribution in [0.1, 0.15) is 46.6 Å². The van der Waals surface area contributed by atoms with E-state index in [1.807, 2.05) is 61.5 Å². The van der Waals surface area contributed by atoms with Crippen LogP contribution in [0.4, 0.5) is 5.69 Å². The molecule has 2 aliphatic rings. The highest BCUT2D eigenvalue weighted by Crippen LogP contribution is 2.43. The molecule has 2 amide bonds. The number of likely N-dealkylation sites (tertiary alicyclic amines) is 1. The highest BCUT2D eigenvalue weighted by Gasteiger charge is 2.29. The number of hydrogen-bond acceptors (Lipinski definition) is 3. The number of rotatable bonds is 8. The number of benzene rings is 3. The van der Waals surface area contributed by atoms with E-state index in [0.717, 1.165) is 65.3 Å². The van der Waals surface area contributed by atoms with E-state index < -0.39 is 0 Å². The zero-order valence-electron chi connectivity index (χ0n) is 22.8. The fourth-order valence-corrected chi connectivity index (χ4v) is 5.86. The smallest absolute Gasteiger partial charge is 0.256 e. The van der Waals surface area contributed by atoms with Gasteiger partial charge in [-0.3, -0.25) is 9.59 Å². The molecule has 4 aromatic rings. The molecule has 1 fully saturated rings. The van der Waals surface area contributed by atoms with E-state index in [-0.39, 0.29) is 11.8 Å². The Balaban J connectivity index is 1.32. The first kappa shape index (κ1) is 25.8. The molecule has 1 aromatic heterocycles. The Bertz CT molecular complexity index is 1580. The van der Waals surface area contributed by atoms with Crippen LogP contribution in [0.3, 0.4) is 0 Å². The zero-order chi connectivity index (χ0) is 27.5.